The molecule has 0 unspecified atom stereocenters. The molecule has 1 aliphatic rings. The molecule has 0 radical (unpaired) electrons. The largest absolute Gasteiger partial charge is 0.448 e. The van der Waals surface area contributed by atoms with Gasteiger partial charge in [0.25, 0.3) is 5.69 Å². The number of nitrogens with one attached hydrogen (secondary N) is 1. The summed E-state index contributed by atoms with van der Waals surface area (Å²) in [6.07, 6.45) is 0.436. The van der Waals surface area contributed by atoms with Crippen LogP contribution in [0.15, 0.2) is 53.7 Å². The molecule has 0 spiro atoms. The minimum Gasteiger partial charge on any atom is -0.448 e. The number of nitro groups is 1. The average molecular weight is 395 g/mol. The third-order valence-corrected chi connectivity index (χ3v) is 5.22. The molecule has 1 atom stereocenters. The van der Waals surface area contributed by atoms with Gasteiger partial charge < -0.3 is 10.1 Å². The van der Waals surface area contributed by atoms with Crippen molar-refractivity contribution in [2.75, 3.05) is 11.1 Å². The number of nitrogens with zero attached hydrogens (tertiary/aromatic N) is 4. The number of hydrogen-bond donors (Lipinski definition) is 1. The molecule has 28 heavy (non-hydrogen) atoms. The van der Waals surface area contributed by atoms with Crippen LogP contribution in [-0.4, -0.2) is 25.9 Å². The molecule has 1 aliphatic heterocycles. The van der Waals surface area contributed by atoms with Crippen LogP contribution in [-0.2, 0) is 0 Å². The van der Waals surface area contributed by atoms with Gasteiger partial charge >= 0.3 is 0 Å². The molecule has 0 bridgehead atoms. The van der Waals surface area contributed by atoms with Gasteiger partial charge in [0.15, 0.2) is 11.9 Å². The van der Waals surface area contributed by atoms with E-state index in [1.165, 1.54) is 23.9 Å². The molecule has 2 heterocycles. The summed E-state index contributed by atoms with van der Waals surface area (Å²) in [5.74, 6) is 1.27. The van der Waals surface area contributed by atoms with Crippen LogP contribution < -0.4 is 10.1 Å². The highest BCUT2D eigenvalue weighted by Crippen LogP contribution is 2.39. The van der Waals surface area contributed by atoms with Crippen LogP contribution >= 0.6 is 11.8 Å². The van der Waals surface area contributed by atoms with E-state index in [-0.39, 0.29) is 5.69 Å². The molecule has 3 aromatic rings. The van der Waals surface area contributed by atoms with Crippen molar-refractivity contribution >= 4 is 23.1 Å². The van der Waals surface area contributed by atoms with Gasteiger partial charge in [0, 0.05) is 34.7 Å². The molecule has 2 aromatic carbocycles. The molecule has 0 amide bonds. The lowest BCUT2D eigenvalue weighted by atomic mass is 10.1. The lowest BCUT2D eigenvalue weighted by Crippen LogP contribution is -2.17. The van der Waals surface area contributed by atoms with Crippen molar-refractivity contribution in [3.63, 3.8) is 0 Å². The van der Waals surface area contributed by atoms with Crippen LogP contribution in [0.1, 0.15) is 25.1 Å². The number of para-hydroxylation sites is 1. The number of rotatable bonds is 5. The zero-order chi connectivity index (χ0) is 19.5. The number of benzene rings is 2. The summed E-state index contributed by atoms with van der Waals surface area (Å²) in [5, 5.41) is 23.4. The van der Waals surface area contributed by atoms with E-state index in [0.717, 1.165) is 29.0 Å². The van der Waals surface area contributed by atoms with Gasteiger partial charge in [-0.25, -0.2) is 0 Å². The number of non-ortho nitro benzene ring substituents is 1. The lowest BCUT2D eigenvalue weighted by molar-refractivity contribution is -0.384. The van der Waals surface area contributed by atoms with E-state index >= 15 is 0 Å². The smallest absolute Gasteiger partial charge is 0.269 e. The molecular formula is C19H17N5O3S. The fourth-order valence-electron chi connectivity index (χ4n) is 2.82. The summed E-state index contributed by atoms with van der Waals surface area (Å²) < 4.78 is 6.14. The maximum absolute atomic E-state index is 10.9. The Balaban J connectivity index is 1.75. The van der Waals surface area contributed by atoms with Crippen LogP contribution in [0.4, 0.5) is 11.4 Å². The number of fused-ring (bicyclic) bond motifs is 3. The second kappa shape index (κ2) is 7.81. The Hall–Kier alpha value is -3.20. The quantitative estimate of drug-likeness (QED) is 0.384. The second-order valence-electron chi connectivity index (χ2n) is 6.13. The van der Waals surface area contributed by atoms with E-state index in [1.54, 1.807) is 12.1 Å². The van der Waals surface area contributed by atoms with Crippen LogP contribution in [0.3, 0.4) is 0 Å². The molecule has 142 valence electrons. The van der Waals surface area contributed by atoms with Crippen molar-refractivity contribution in [1.29, 1.82) is 0 Å². The van der Waals surface area contributed by atoms with Crippen molar-refractivity contribution in [1.82, 2.24) is 15.2 Å². The molecule has 1 N–H and O–H groups in total. The molecule has 1 aromatic heterocycles. The van der Waals surface area contributed by atoms with Crippen LogP contribution in [0.2, 0.25) is 0 Å². The number of aromatic nitrogens is 3. The molecule has 0 fully saturated rings. The Bertz CT molecular complexity index is 1010. The average Bonchev–Trinajstić information content (AvgIpc) is 2.88. The Morgan fingerprint density at radius 2 is 1.96 bits per heavy atom. The van der Waals surface area contributed by atoms with Crippen molar-refractivity contribution in [3.8, 4) is 17.1 Å². The van der Waals surface area contributed by atoms with Gasteiger partial charge in [0.1, 0.15) is 0 Å². The van der Waals surface area contributed by atoms with E-state index in [9.17, 15) is 10.1 Å². The standard InChI is InChI=1S/C19H17N5O3S/c1-2-11-28-19-21-18-16(22-23-19)14-5-3-4-6-15(14)20-17(27-18)12-7-9-13(10-8-12)24(25)26/h3-10,17,20H,2,11H2,1H3/t17-/m0/s1. The SMILES string of the molecule is CCCSc1nnc2c(n1)O[C@@H](c1ccc([N+](=O)[O-])cc1)Nc1ccccc1-2. The maximum Gasteiger partial charge on any atom is 0.269 e. The molecule has 0 saturated carbocycles. The van der Waals surface area contributed by atoms with Gasteiger partial charge in [0.05, 0.1) is 4.92 Å². The summed E-state index contributed by atoms with van der Waals surface area (Å²) in [5.41, 5.74) is 3.01. The second-order valence-corrected chi connectivity index (χ2v) is 7.20. The monoisotopic (exact) mass is 395 g/mol. The number of thioether (sulfide) groups is 1. The highest BCUT2D eigenvalue weighted by Gasteiger charge is 2.26. The Morgan fingerprint density at radius 1 is 1.18 bits per heavy atom. The first kappa shape index (κ1) is 18.2. The fraction of sp³-hybridized carbons (Fsp3) is 0.211. The predicted molar refractivity (Wildman–Crippen MR) is 106 cm³/mol. The normalized spacial score (nSPS) is 14.8. The Labute approximate surface area is 165 Å². The third-order valence-electron chi connectivity index (χ3n) is 4.18. The molecule has 0 saturated heterocycles. The zero-order valence-corrected chi connectivity index (χ0v) is 15.8. The molecule has 8 nitrogen and oxygen atoms in total. The minimum absolute atomic E-state index is 0.0282. The molecule has 9 heteroatoms. The van der Waals surface area contributed by atoms with Crippen LogP contribution in [0.25, 0.3) is 11.3 Å². The summed E-state index contributed by atoms with van der Waals surface area (Å²) in [4.78, 5) is 15.0. The first-order chi connectivity index (χ1) is 13.7. The minimum atomic E-state index is -0.566. The lowest BCUT2D eigenvalue weighted by Gasteiger charge is -2.19. The Morgan fingerprint density at radius 3 is 2.71 bits per heavy atom. The highest BCUT2D eigenvalue weighted by molar-refractivity contribution is 7.99. The Kier molecular flexibility index (Phi) is 5.07. The predicted octanol–water partition coefficient (Wildman–Crippen LogP) is 4.45. The number of hydrogen-bond acceptors (Lipinski definition) is 8. The third kappa shape index (κ3) is 3.61. The van der Waals surface area contributed by atoms with Gasteiger partial charge in [-0.3, -0.25) is 10.1 Å². The van der Waals surface area contributed by atoms with Crippen molar-refractivity contribution in [3.05, 3.63) is 64.2 Å². The number of anilines is 1. The molecular weight excluding hydrogens is 378 g/mol. The first-order valence-electron chi connectivity index (χ1n) is 8.80. The van der Waals surface area contributed by atoms with Gasteiger partial charge in [-0.1, -0.05) is 36.9 Å². The van der Waals surface area contributed by atoms with Crippen molar-refractivity contribution < 1.29 is 9.66 Å². The van der Waals surface area contributed by atoms with E-state index in [0.29, 0.717) is 16.7 Å². The summed E-state index contributed by atoms with van der Waals surface area (Å²) in [6, 6.07) is 13.9. The molecule has 0 aliphatic carbocycles. The van der Waals surface area contributed by atoms with E-state index < -0.39 is 11.2 Å². The summed E-state index contributed by atoms with van der Waals surface area (Å²) in [7, 11) is 0. The summed E-state index contributed by atoms with van der Waals surface area (Å²) in [6.45, 7) is 2.09. The van der Waals surface area contributed by atoms with Crippen LogP contribution in [0.5, 0.6) is 5.88 Å². The van der Waals surface area contributed by atoms with Gasteiger partial charge in [-0.2, -0.15) is 4.98 Å². The summed E-state index contributed by atoms with van der Waals surface area (Å²) >= 11 is 1.52. The van der Waals surface area contributed by atoms with E-state index in [1.807, 2.05) is 24.3 Å². The first-order valence-corrected chi connectivity index (χ1v) is 9.78. The molecule has 4 rings (SSSR count). The van der Waals surface area contributed by atoms with Crippen LogP contribution in [0, 0.1) is 10.1 Å². The van der Waals surface area contributed by atoms with Gasteiger partial charge in [0.2, 0.25) is 11.0 Å². The van der Waals surface area contributed by atoms with Crippen molar-refractivity contribution in [2.24, 2.45) is 0 Å². The van der Waals surface area contributed by atoms with Gasteiger partial charge in [-0.15, -0.1) is 10.2 Å². The highest BCUT2D eigenvalue weighted by atomic mass is 32.2. The number of ether oxygens (including phenoxy) is 1. The van der Waals surface area contributed by atoms with Crippen molar-refractivity contribution in [2.45, 2.75) is 24.7 Å². The van der Waals surface area contributed by atoms with Gasteiger partial charge in [-0.05, 0) is 24.6 Å². The fourth-order valence-corrected chi connectivity index (χ4v) is 3.46. The topological polar surface area (TPSA) is 103 Å². The zero-order valence-electron chi connectivity index (χ0n) is 15.0. The van der Waals surface area contributed by atoms with E-state index in [4.69, 9.17) is 4.74 Å². The number of nitro benzene ring substituents is 1. The van der Waals surface area contributed by atoms with E-state index in [2.05, 4.69) is 27.4 Å². The maximum atomic E-state index is 10.9.